The molecular formula is C21H30N6OS2. The number of nitrogens with one attached hydrogen (secondary N) is 1. The first-order chi connectivity index (χ1) is 14.4. The molecule has 2 unspecified atom stereocenters. The van der Waals surface area contributed by atoms with Gasteiger partial charge in [-0.25, -0.2) is 4.98 Å². The number of thiazole rings is 1. The first-order valence-electron chi connectivity index (χ1n) is 10.4. The number of carbonyl (C=O) groups is 1. The summed E-state index contributed by atoms with van der Waals surface area (Å²) in [4.78, 5) is 19.5. The van der Waals surface area contributed by atoms with Crippen LogP contribution in [0.1, 0.15) is 51.9 Å². The minimum absolute atomic E-state index is 0.0784. The summed E-state index contributed by atoms with van der Waals surface area (Å²) in [6.45, 7) is 7.09. The van der Waals surface area contributed by atoms with Crippen molar-refractivity contribution in [2.24, 2.45) is 0 Å². The Morgan fingerprint density at radius 1 is 1.27 bits per heavy atom. The van der Waals surface area contributed by atoms with E-state index in [4.69, 9.17) is 0 Å². The molecule has 30 heavy (non-hydrogen) atoms. The van der Waals surface area contributed by atoms with Crippen LogP contribution in [0.25, 0.3) is 10.2 Å². The van der Waals surface area contributed by atoms with Crippen LogP contribution in [0.2, 0.25) is 0 Å². The van der Waals surface area contributed by atoms with Gasteiger partial charge in [-0.15, -0.1) is 10.2 Å². The normalized spacial score (nSPS) is 13.7. The monoisotopic (exact) mass is 446 g/mol. The molecule has 0 bridgehead atoms. The van der Waals surface area contributed by atoms with Crippen LogP contribution < -0.4 is 5.32 Å². The summed E-state index contributed by atoms with van der Waals surface area (Å²) in [5.74, 6) is 0.891. The SMILES string of the molecule is CCCCn1c(SC(C)C(=O)Nc2nc3ccccc3s2)nnc1C(CC)N(C)C. The number of fused-ring (bicyclic) bond motifs is 1. The first kappa shape index (κ1) is 22.7. The summed E-state index contributed by atoms with van der Waals surface area (Å²) in [6.07, 6.45) is 3.10. The van der Waals surface area contributed by atoms with Crippen molar-refractivity contribution in [3.8, 4) is 0 Å². The molecule has 1 amide bonds. The molecule has 1 N–H and O–H groups in total. The van der Waals surface area contributed by atoms with Gasteiger partial charge in [-0.3, -0.25) is 9.69 Å². The Morgan fingerprint density at radius 2 is 2.03 bits per heavy atom. The molecule has 2 aromatic heterocycles. The van der Waals surface area contributed by atoms with Gasteiger partial charge in [0.1, 0.15) is 0 Å². The highest BCUT2D eigenvalue weighted by Crippen LogP contribution is 2.30. The van der Waals surface area contributed by atoms with Gasteiger partial charge in [0.2, 0.25) is 5.91 Å². The molecule has 3 aromatic rings. The van der Waals surface area contributed by atoms with Gasteiger partial charge >= 0.3 is 0 Å². The van der Waals surface area contributed by atoms with Gasteiger partial charge in [0, 0.05) is 6.54 Å². The molecule has 0 aliphatic heterocycles. The molecule has 7 nitrogen and oxygen atoms in total. The van der Waals surface area contributed by atoms with Gasteiger partial charge in [-0.05, 0) is 46.0 Å². The van der Waals surface area contributed by atoms with Crippen molar-refractivity contribution in [1.82, 2.24) is 24.6 Å². The van der Waals surface area contributed by atoms with Gasteiger partial charge in [0.25, 0.3) is 0 Å². The van der Waals surface area contributed by atoms with Crippen molar-refractivity contribution < 1.29 is 4.79 Å². The predicted molar refractivity (Wildman–Crippen MR) is 125 cm³/mol. The second-order valence-electron chi connectivity index (χ2n) is 7.47. The zero-order valence-corrected chi connectivity index (χ0v) is 19.9. The van der Waals surface area contributed by atoms with E-state index in [2.05, 4.69) is 57.9 Å². The minimum atomic E-state index is -0.311. The first-order valence-corrected chi connectivity index (χ1v) is 12.1. The van der Waals surface area contributed by atoms with Gasteiger partial charge in [-0.2, -0.15) is 0 Å². The number of hydrogen-bond acceptors (Lipinski definition) is 7. The summed E-state index contributed by atoms with van der Waals surface area (Å²) >= 11 is 2.94. The molecule has 2 atom stereocenters. The Labute approximate surface area is 186 Å². The van der Waals surface area contributed by atoms with E-state index in [1.807, 2.05) is 31.2 Å². The largest absolute Gasteiger partial charge is 0.305 e. The number of anilines is 1. The Morgan fingerprint density at radius 3 is 2.70 bits per heavy atom. The van der Waals surface area contributed by atoms with E-state index in [0.717, 1.165) is 47.0 Å². The maximum absolute atomic E-state index is 12.8. The maximum Gasteiger partial charge on any atom is 0.239 e. The third kappa shape index (κ3) is 5.19. The van der Waals surface area contributed by atoms with Crippen molar-refractivity contribution in [2.45, 2.75) is 63.0 Å². The van der Waals surface area contributed by atoms with Crippen LogP contribution in [-0.4, -0.2) is 49.9 Å². The highest BCUT2D eigenvalue weighted by molar-refractivity contribution is 8.00. The lowest BCUT2D eigenvalue weighted by Gasteiger charge is -2.23. The Balaban J connectivity index is 1.74. The molecule has 162 valence electrons. The van der Waals surface area contributed by atoms with Crippen molar-refractivity contribution >= 4 is 44.4 Å². The quantitative estimate of drug-likeness (QED) is 0.450. The number of para-hydroxylation sites is 1. The van der Waals surface area contributed by atoms with E-state index in [9.17, 15) is 4.79 Å². The van der Waals surface area contributed by atoms with Crippen LogP contribution in [-0.2, 0) is 11.3 Å². The maximum atomic E-state index is 12.8. The van der Waals surface area contributed by atoms with E-state index < -0.39 is 0 Å². The molecule has 3 rings (SSSR count). The fourth-order valence-electron chi connectivity index (χ4n) is 3.28. The molecule has 2 heterocycles. The molecule has 9 heteroatoms. The van der Waals surface area contributed by atoms with E-state index in [0.29, 0.717) is 5.13 Å². The highest BCUT2D eigenvalue weighted by Gasteiger charge is 2.25. The molecular weight excluding hydrogens is 416 g/mol. The number of carbonyl (C=O) groups excluding carboxylic acids is 1. The zero-order chi connectivity index (χ0) is 21.7. The standard InChI is InChI=1S/C21H30N6OS2/c1-6-8-13-27-18(16(7-2)26(4)5)24-25-21(27)29-14(3)19(28)23-20-22-15-11-9-10-12-17(15)30-20/h9-12,14,16H,6-8,13H2,1-5H3,(H,22,23,28). The molecule has 0 saturated heterocycles. The van der Waals surface area contributed by atoms with Crippen LogP contribution >= 0.6 is 23.1 Å². The number of aromatic nitrogens is 4. The number of nitrogens with zero attached hydrogens (tertiary/aromatic N) is 5. The number of thioether (sulfide) groups is 1. The smallest absolute Gasteiger partial charge is 0.239 e. The second kappa shape index (κ2) is 10.4. The van der Waals surface area contributed by atoms with Crippen molar-refractivity contribution in [3.63, 3.8) is 0 Å². The fourth-order valence-corrected chi connectivity index (χ4v) is 5.03. The molecule has 0 aliphatic rings. The lowest BCUT2D eigenvalue weighted by Crippen LogP contribution is -2.24. The van der Waals surface area contributed by atoms with Gasteiger partial charge in [0.15, 0.2) is 16.1 Å². The summed E-state index contributed by atoms with van der Waals surface area (Å²) in [5, 5.41) is 13.0. The van der Waals surface area contributed by atoms with Crippen molar-refractivity contribution in [1.29, 1.82) is 0 Å². The number of unbranched alkanes of at least 4 members (excludes halogenated alkanes) is 1. The van der Waals surface area contributed by atoms with Crippen molar-refractivity contribution in [3.05, 3.63) is 30.1 Å². The Bertz CT molecular complexity index is 950. The lowest BCUT2D eigenvalue weighted by atomic mass is 10.2. The topological polar surface area (TPSA) is 75.9 Å². The number of benzene rings is 1. The average molecular weight is 447 g/mol. The molecule has 0 saturated carbocycles. The molecule has 0 radical (unpaired) electrons. The highest BCUT2D eigenvalue weighted by atomic mass is 32.2. The van der Waals surface area contributed by atoms with E-state index in [-0.39, 0.29) is 17.2 Å². The van der Waals surface area contributed by atoms with Crippen molar-refractivity contribution in [2.75, 3.05) is 19.4 Å². The molecule has 1 aromatic carbocycles. The summed E-state index contributed by atoms with van der Waals surface area (Å²) < 4.78 is 3.25. The van der Waals surface area contributed by atoms with Crippen LogP contribution in [0.15, 0.2) is 29.4 Å². The third-order valence-corrected chi connectivity index (χ3v) is 7.00. The molecule has 0 spiro atoms. The van der Waals surface area contributed by atoms with Gasteiger partial charge in [0.05, 0.1) is 21.5 Å². The Kier molecular flexibility index (Phi) is 7.85. The number of rotatable bonds is 10. The summed E-state index contributed by atoms with van der Waals surface area (Å²) in [6, 6.07) is 8.09. The minimum Gasteiger partial charge on any atom is -0.305 e. The van der Waals surface area contributed by atoms with E-state index in [1.165, 1.54) is 23.1 Å². The lowest BCUT2D eigenvalue weighted by molar-refractivity contribution is -0.115. The van der Waals surface area contributed by atoms with Gasteiger partial charge in [-0.1, -0.05) is 55.5 Å². The van der Waals surface area contributed by atoms with Crippen LogP contribution in [0, 0.1) is 0 Å². The van der Waals surface area contributed by atoms with E-state index >= 15 is 0 Å². The number of amides is 1. The van der Waals surface area contributed by atoms with Crippen LogP contribution in [0.5, 0.6) is 0 Å². The third-order valence-electron chi connectivity index (χ3n) is 4.96. The van der Waals surface area contributed by atoms with Gasteiger partial charge < -0.3 is 9.88 Å². The average Bonchev–Trinajstić information content (AvgIpc) is 3.30. The molecule has 0 fully saturated rings. The predicted octanol–water partition coefficient (Wildman–Crippen LogP) is 4.82. The van der Waals surface area contributed by atoms with E-state index in [1.54, 1.807) is 0 Å². The summed E-state index contributed by atoms with van der Waals surface area (Å²) in [5.41, 5.74) is 0.899. The second-order valence-corrected chi connectivity index (χ2v) is 9.81. The van der Waals surface area contributed by atoms with Crippen LogP contribution in [0.3, 0.4) is 0 Å². The Hall–Kier alpha value is -1.97. The summed E-state index contributed by atoms with van der Waals surface area (Å²) in [7, 11) is 4.13. The molecule has 0 aliphatic carbocycles. The fraction of sp³-hybridized carbons (Fsp3) is 0.524. The van der Waals surface area contributed by atoms with Crippen LogP contribution in [0.4, 0.5) is 5.13 Å². The zero-order valence-electron chi connectivity index (χ0n) is 18.3. The number of hydrogen-bond donors (Lipinski definition) is 1.